The Hall–Kier alpha value is -3.36. The van der Waals surface area contributed by atoms with E-state index in [9.17, 15) is 19.4 Å². The van der Waals surface area contributed by atoms with E-state index in [0.29, 0.717) is 17.4 Å². The average Bonchev–Trinajstić information content (AvgIpc) is 3.32. The van der Waals surface area contributed by atoms with Crippen molar-refractivity contribution in [2.24, 2.45) is 0 Å². The molecular weight excluding hydrogens is 888 g/mol. The van der Waals surface area contributed by atoms with Gasteiger partial charge < -0.3 is 28.8 Å². The number of quaternary nitrogens is 1. The number of nitrogens with one attached hydrogen (secondary N) is 1. The Morgan fingerprint density at radius 3 is 1.27 bits per heavy atom. The number of phosphoric acid groups is 1. The third kappa shape index (κ3) is 52.5. The molecule has 0 aromatic carbocycles. The molecule has 0 heterocycles. The third-order valence-corrected chi connectivity index (χ3v) is 12.3. The molecule has 0 fully saturated rings. The summed E-state index contributed by atoms with van der Waals surface area (Å²) in [7, 11) is 1.23. The molecule has 0 spiro atoms. The maximum atomic E-state index is 12.9. The predicted molar refractivity (Wildman–Crippen MR) is 302 cm³/mol. The fourth-order valence-corrected chi connectivity index (χ4v) is 7.78. The van der Waals surface area contributed by atoms with Crippen molar-refractivity contribution in [3.8, 4) is 0 Å². The van der Waals surface area contributed by atoms with Gasteiger partial charge in [0.15, 0.2) is 0 Å². The summed E-state index contributed by atoms with van der Waals surface area (Å²) in [5.41, 5.74) is 0. The maximum Gasteiger partial charge on any atom is 0.268 e. The van der Waals surface area contributed by atoms with Gasteiger partial charge >= 0.3 is 0 Å². The normalized spacial score (nSPS) is 15.0. The second-order valence-corrected chi connectivity index (χ2v) is 20.6. The molecule has 8 nitrogen and oxygen atoms in total. The first-order chi connectivity index (χ1) is 34.0. The quantitative estimate of drug-likeness (QED) is 0.0272. The van der Waals surface area contributed by atoms with E-state index in [-0.39, 0.29) is 12.5 Å². The molecule has 1 amide bonds. The largest absolute Gasteiger partial charge is 0.756 e. The number of phosphoric ester groups is 1. The minimum Gasteiger partial charge on any atom is -0.756 e. The van der Waals surface area contributed by atoms with Crippen LogP contribution in [0.4, 0.5) is 0 Å². The van der Waals surface area contributed by atoms with Crippen LogP contribution in [0.15, 0.2) is 134 Å². The molecule has 398 valence electrons. The molecule has 9 heteroatoms. The maximum absolute atomic E-state index is 12.9. The highest BCUT2D eigenvalue weighted by Crippen LogP contribution is 2.38. The van der Waals surface area contributed by atoms with Crippen molar-refractivity contribution in [2.75, 3.05) is 40.9 Å². The van der Waals surface area contributed by atoms with Crippen LogP contribution in [0.25, 0.3) is 0 Å². The zero-order valence-corrected chi connectivity index (χ0v) is 46.1. The smallest absolute Gasteiger partial charge is 0.268 e. The summed E-state index contributed by atoms with van der Waals surface area (Å²) in [5, 5.41) is 13.8. The van der Waals surface area contributed by atoms with Crippen LogP contribution in [0, 0.1) is 0 Å². The van der Waals surface area contributed by atoms with Crippen molar-refractivity contribution in [3.05, 3.63) is 134 Å². The fourth-order valence-electron chi connectivity index (χ4n) is 7.06. The van der Waals surface area contributed by atoms with Crippen LogP contribution in [0.2, 0.25) is 0 Å². The number of aliphatic hydroxyl groups excluding tert-OH is 1. The van der Waals surface area contributed by atoms with Gasteiger partial charge in [-0.3, -0.25) is 9.36 Å². The molecule has 0 saturated carbocycles. The van der Waals surface area contributed by atoms with Gasteiger partial charge in [-0.15, -0.1) is 0 Å². The fraction of sp³-hybridized carbons (Fsp3) is 0.623. The molecule has 3 unspecified atom stereocenters. The number of carbonyl (C=O) groups is 1. The van der Waals surface area contributed by atoms with Gasteiger partial charge in [-0.05, 0) is 96.3 Å². The second-order valence-electron chi connectivity index (χ2n) is 19.2. The zero-order chi connectivity index (χ0) is 51.3. The Labute approximate surface area is 430 Å². The number of nitrogens with zero attached hydrogens (tertiary/aromatic N) is 1. The predicted octanol–water partition coefficient (Wildman–Crippen LogP) is 16.1. The first kappa shape index (κ1) is 66.6. The van der Waals surface area contributed by atoms with Gasteiger partial charge in [-0.2, -0.15) is 0 Å². The van der Waals surface area contributed by atoms with E-state index in [4.69, 9.17) is 9.05 Å². The topological polar surface area (TPSA) is 108 Å². The van der Waals surface area contributed by atoms with Crippen molar-refractivity contribution in [2.45, 2.75) is 206 Å². The van der Waals surface area contributed by atoms with Crippen LogP contribution < -0.4 is 10.2 Å². The summed E-state index contributed by atoms with van der Waals surface area (Å²) in [6.45, 7) is 4.48. The van der Waals surface area contributed by atoms with Crippen molar-refractivity contribution >= 4 is 13.7 Å². The summed E-state index contributed by atoms with van der Waals surface area (Å²) >= 11 is 0. The number of carbonyl (C=O) groups excluding carboxylic acids is 1. The number of likely N-dealkylation sites (N-methyl/N-ethyl adjacent to an activating group) is 1. The number of amides is 1. The van der Waals surface area contributed by atoms with Crippen LogP contribution in [-0.2, 0) is 18.4 Å². The molecule has 0 aliphatic heterocycles. The summed E-state index contributed by atoms with van der Waals surface area (Å²) in [4.78, 5) is 25.4. The van der Waals surface area contributed by atoms with Crippen molar-refractivity contribution in [1.29, 1.82) is 0 Å². The van der Waals surface area contributed by atoms with Crippen LogP contribution in [0.3, 0.4) is 0 Å². The van der Waals surface area contributed by atoms with Crippen LogP contribution >= 0.6 is 7.82 Å². The minimum absolute atomic E-state index is 0.0113. The monoisotopic (exact) mass is 991 g/mol. The highest BCUT2D eigenvalue weighted by atomic mass is 31.2. The Kier molecular flexibility index (Phi) is 48.1. The number of hydrogen-bond donors (Lipinski definition) is 2. The highest BCUT2D eigenvalue weighted by Gasteiger charge is 2.23. The summed E-state index contributed by atoms with van der Waals surface area (Å²) in [6.07, 6.45) is 76.7. The van der Waals surface area contributed by atoms with Gasteiger partial charge in [-0.1, -0.05) is 225 Å². The number of hydrogen-bond acceptors (Lipinski definition) is 6. The molecule has 0 bridgehead atoms. The van der Waals surface area contributed by atoms with Gasteiger partial charge in [0.1, 0.15) is 13.2 Å². The SMILES string of the molecule is CC/C=C\C/C=C\C/C=C\C/C=C\C/C=C\C/C=C\C/C=C\C/C=C\C/C=C\C/C=C\CCCCCCCCC(=O)NC(COP(=O)([O-])OCC[N+](C)(C)C)C(O)/C=C/CCCCCCCCCCC. The van der Waals surface area contributed by atoms with E-state index < -0.39 is 26.6 Å². The van der Waals surface area contributed by atoms with E-state index in [1.54, 1.807) is 6.08 Å². The van der Waals surface area contributed by atoms with E-state index in [1.165, 1.54) is 44.9 Å². The third-order valence-electron chi connectivity index (χ3n) is 11.4. The Balaban J connectivity index is 4.17. The number of aliphatic hydroxyl groups is 1. The second kappa shape index (κ2) is 50.6. The average molecular weight is 991 g/mol. The lowest BCUT2D eigenvalue weighted by atomic mass is 10.1. The van der Waals surface area contributed by atoms with Gasteiger partial charge in [0.05, 0.1) is 39.9 Å². The van der Waals surface area contributed by atoms with Gasteiger partial charge in [0.25, 0.3) is 7.82 Å². The number of allylic oxidation sites excluding steroid dienone is 21. The van der Waals surface area contributed by atoms with Crippen molar-refractivity contribution in [3.63, 3.8) is 0 Å². The molecule has 70 heavy (non-hydrogen) atoms. The van der Waals surface area contributed by atoms with Gasteiger partial charge in [-0.25, -0.2) is 0 Å². The molecule has 3 atom stereocenters. The number of unbranched alkanes of at least 4 members (excludes halogenated alkanes) is 15. The van der Waals surface area contributed by atoms with Gasteiger partial charge in [0, 0.05) is 6.42 Å². The summed E-state index contributed by atoms with van der Waals surface area (Å²) < 4.78 is 23.2. The molecule has 0 saturated heterocycles. The Bertz CT molecular complexity index is 1590. The van der Waals surface area contributed by atoms with Crippen LogP contribution in [0.5, 0.6) is 0 Å². The minimum atomic E-state index is -4.60. The zero-order valence-electron chi connectivity index (χ0n) is 45.2. The molecule has 0 aromatic rings. The van der Waals surface area contributed by atoms with E-state index >= 15 is 0 Å². The lowest BCUT2D eigenvalue weighted by molar-refractivity contribution is -0.870. The molecule has 0 radical (unpaired) electrons. The first-order valence-corrected chi connectivity index (χ1v) is 29.0. The summed E-state index contributed by atoms with van der Waals surface area (Å²) in [6, 6.07) is -0.903. The lowest BCUT2D eigenvalue weighted by Gasteiger charge is -2.29. The van der Waals surface area contributed by atoms with Crippen LogP contribution in [-0.4, -0.2) is 68.5 Å². The van der Waals surface area contributed by atoms with E-state index in [0.717, 1.165) is 128 Å². The highest BCUT2D eigenvalue weighted by molar-refractivity contribution is 7.45. The summed E-state index contributed by atoms with van der Waals surface area (Å²) in [5.74, 6) is -0.220. The van der Waals surface area contributed by atoms with E-state index in [1.807, 2.05) is 27.2 Å². The number of rotatable bonds is 48. The Morgan fingerprint density at radius 1 is 0.514 bits per heavy atom. The van der Waals surface area contributed by atoms with Crippen molar-refractivity contribution in [1.82, 2.24) is 5.32 Å². The molecule has 2 N–H and O–H groups in total. The molecule has 0 aromatic heterocycles. The standard InChI is InChI=1S/C61H103N2O6P/c1-6-8-10-12-14-16-18-19-20-21-22-23-24-25-26-27-28-29-30-31-32-33-34-35-36-37-38-39-40-41-42-43-45-47-49-51-53-55-61(65)62-59(58-69-70(66,67)68-57-56-63(3,4)5)60(64)54-52-50-48-46-44-17-15-13-11-9-7-2/h8,10,14,16,19-20,22-23,25-26,28-29,31-32,34-35,37-38,40-41,52,54,59-60,64H,6-7,9,11-13,15,17-18,21,24,27,30,33,36,39,42-51,53,55-58H2,1-5H3,(H-,62,65,66,67)/b10-8-,16-14-,20-19-,23-22-,26-25-,29-28-,32-31-,35-34-,38-37-,41-40-,54-52+. The molecular formula is C61H103N2O6P. The lowest BCUT2D eigenvalue weighted by Crippen LogP contribution is -2.45. The van der Waals surface area contributed by atoms with E-state index in [2.05, 4.69) is 141 Å². The Morgan fingerprint density at radius 2 is 0.871 bits per heavy atom. The van der Waals surface area contributed by atoms with Crippen LogP contribution in [0.1, 0.15) is 194 Å². The van der Waals surface area contributed by atoms with Crippen molar-refractivity contribution < 1.29 is 32.9 Å². The molecule has 0 aliphatic rings. The van der Waals surface area contributed by atoms with Gasteiger partial charge in [0.2, 0.25) is 5.91 Å². The first-order valence-electron chi connectivity index (χ1n) is 27.5. The molecule has 0 aliphatic carbocycles. The molecule has 0 rings (SSSR count).